The molecule has 0 aliphatic carbocycles. The highest BCUT2D eigenvalue weighted by Gasteiger charge is 2.22. The molecule has 0 atom stereocenters. The summed E-state index contributed by atoms with van der Waals surface area (Å²) in [4.78, 5) is 2.78. The van der Waals surface area contributed by atoms with Crippen LogP contribution in [0.25, 0.3) is 10.8 Å². The van der Waals surface area contributed by atoms with Gasteiger partial charge in [-0.25, -0.2) is 5.01 Å². The molecule has 132 valence electrons. The maximum absolute atomic E-state index is 9.46. The van der Waals surface area contributed by atoms with Gasteiger partial charge in [-0.05, 0) is 44.0 Å². The Bertz CT molecular complexity index is 953. The van der Waals surface area contributed by atoms with E-state index < -0.39 is 0 Å². The van der Waals surface area contributed by atoms with Crippen LogP contribution in [0.5, 0.6) is 0 Å². The van der Waals surface area contributed by atoms with Crippen LogP contribution in [0, 0.1) is 18.3 Å². The second kappa shape index (κ2) is 7.49. The van der Waals surface area contributed by atoms with Crippen molar-refractivity contribution in [3.63, 3.8) is 0 Å². The van der Waals surface area contributed by atoms with Gasteiger partial charge in [0.05, 0.1) is 23.9 Å². The van der Waals surface area contributed by atoms with Crippen molar-refractivity contribution >= 4 is 27.8 Å². The Kier molecular flexibility index (Phi) is 4.92. The summed E-state index contributed by atoms with van der Waals surface area (Å²) in [6.07, 6.45) is 3.70. The molecule has 26 heavy (non-hydrogen) atoms. The van der Waals surface area contributed by atoms with Gasteiger partial charge in [0.15, 0.2) is 0 Å². The maximum atomic E-state index is 9.46. The number of anilines is 1. The first kappa shape index (κ1) is 17.1. The van der Waals surface area contributed by atoms with Gasteiger partial charge in [-0.15, -0.1) is 11.3 Å². The minimum atomic E-state index is 0.750. The van der Waals surface area contributed by atoms with Crippen LogP contribution in [0.2, 0.25) is 0 Å². The van der Waals surface area contributed by atoms with E-state index in [0.29, 0.717) is 0 Å². The molecule has 0 spiro atoms. The molecule has 1 aromatic heterocycles. The van der Waals surface area contributed by atoms with Crippen LogP contribution >= 0.6 is 11.3 Å². The molecule has 0 amide bonds. The molecular weight excluding hydrogens is 338 g/mol. The zero-order valence-corrected chi connectivity index (χ0v) is 15.9. The molecule has 2 heterocycles. The lowest BCUT2D eigenvalue weighted by molar-refractivity contribution is 0.256. The third-order valence-corrected chi connectivity index (χ3v) is 6.05. The Labute approximate surface area is 159 Å². The standard InChI is InChI=1S/C22H23N3S/c1-17-9-11-19(26-17)16-24-13-5-2-6-14-25(24)22-12-10-18(15-23)20-7-3-4-8-21(20)22/h3-4,7-12H,2,5-6,13-14,16H2,1H3. The predicted molar refractivity (Wildman–Crippen MR) is 109 cm³/mol. The number of hydrazine groups is 1. The smallest absolute Gasteiger partial charge is 0.0998 e. The summed E-state index contributed by atoms with van der Waals surface area (Å²) < 4.78 is 0. The van der Waals surface area contributed by atoms with Crippen LogP contribution in [-0.4, -0.2) is 18.1 Å². The molecule has 0 unspecified atom stereocenters. The van der Waals surface area contributed by atoms with E-state index in [1.54, 1.807) is 0 Å². The normalized spacial score (nSPS) is 15.8. The Balaban J connectivity index is 1.75. The van der Waals surface area contributed by atoms with E-state index in [4.69, 9.17) is 0 Å². The van der Waals surface area contributed by atoms with Crippen LogP contribution < -0.4 is 5.01 Å². The number of aryl methyl sites for hydroxylation is 1. The Morgan fingerprint density at radius 3 is 2.54 bits per heavy atom. The van der Waals surface area contributed by atoms with Crippen molar-refractivity contribution in [1.29, 1.82) is 5.26 Å². The van der Waals surface area contributed by atoms with Crippen molar-refractivity contribution in [2.24, 2.45) is 0 Å². The first-order valence-corrected chi connectivity index (χ1v) is 10.1. The van der Waals surface area contributed by atoms with E-state index >= 15 is 0 Å². The van der Waals surface area contributed by atoms with Crippen LogP contribution in [0.3, 0.4) is 0 Å². The van der Waals surface area contributed by atoms with Crippen molar-refractivity contribution in [3.8, 4) is 6.07 Å². The van der Waals surface area contributed by atoms with Gasteiger partial charge >= 0.3 is 0 Å². The molecule has 4 rings (SSSR count). The first-order chi connectivity index (χ1) is 12.8. The molecule has 0 N–H and O–H groups in total. The summed E-state index contributed by atoms with van der Waals surface area (Å²) in [6.45, 7) is 5.22. The summed E-state index contributed by atoms with van der Waals surface area (Å²) in [7, 11) is 0. The monoisotopic (exact) mass is 361 g/mol. The second-order valence-corrected chi connectivity index (χ2v) is 8.25. The average molecular weight is 362 g/mol. The lowest BCUT2D eigenvalue weighted by Gasteiger charge is -2.36. The van der Waals surface area contributed by atoms with Gasteiger partial charge in [-0.3, -0.25) is 0 Å². The Morgan fingerprint density at radius 1 is 0.962 bits per heavy atom. The molecule has 3 aromatic rings. The number of benzene rings is 2. The highest BCUT2D eigenvalue weighted by molar-refractivity contribution is 7.11. The quantitative estimate of drug-likeness (QED) is 0.618. The molecule has 0 bridgehead atoms. The number of nitrogens with zero attached hydrogens (tertiary/aromatic N) is 3. The van der Waals surface area contributed by atoms with Crippen LogP contribution in [0.4, 0.5) is 5.69 Å². The number of fused-ring (bicyclic) bond motifs is 1. The van der Waals surface area contributed by atoms with E-state index in [2.05, 4.69) is 59.4 Å². The van der Waals surface area contributed by atoms with E-state index in [0.717, 1.165) is 30.6 Å². The second-order valence-electron chi connectivity index (χ2n) is 6.87. The summed E-state index contributed by atoms with van der Waals surface area (Å²) in [5.41, 5.74) is 1.97. The first-order valence-electron chi connectivity index (χ1n) is 9.26. The van der Waals surface area contributed by atoms with Crippen LogP contribution in [0.1, 0.15) is 34.6 Å². The molecular formula is C22H23N3S. The number of nitriles is 1. The molecule has 1 fully saturated rings. The molecule has 1 aliphatic heterocycles. The summed E-state index contributed by atoms with van der Waals surface area (Å²) in [5.74, 6) is 0. The summed E-state index contributed by atoms with van der Waals surface area (Å²) in [5, 5.41) is 16.6. The zero-order valence-electron chi connectivity index (χ0n) is 15.1. The van der Waals surface area contributed by atoms with Crippen LogP contribution in [-0.2, 0) is 6.54 Å². The number of rotatable bonds is 3. The van der Waals surface area contributed by atoms with Crippen molar-refractivity contribution in [3.05, 3.63) is 63.8 Å². The minimum absolute atomic E-state index is 0.750. The lowest BCUT2D eigenvalue weighted by atomic mass is 10.0. The Hall–Kier alpha value is -2.35. The van der Waals surface area contributed by atoms with Gasteiger partial charge in [0.1, 0.15) is 0 Å². The fourth-order valence-corrected chi connectivity index (χ4v) is 4.69. The molecule has 1 aliphatic rings. The molecule has 2 aromatic carbocycles. The molecule has 0 radical (unpaired) electrons. The molecule has 1 saturated heterocycles. The lowest BCUT2D eigenvalue weighted by Crippen LogP contribution is -2.42. The fourth-order valence-electron chi connectivity index (χ4n) is 3.79. The van der Waals surface area contributed by atoms with E-state index in [-0.39, 0.29) is 0 Å². The largest absolute Gasteiger partial charge is 0.305 e. The van der Waals surface area contributed by atoms with Gasteiger partial charge in [0, 0.05) is 33.6 Å². The van der Waals surface area contributed by atoms with Gasteiger partial charge in [0.25, 0.3) is 0 Å². The fraction of sp³-hybridized carbons (Fsp3) is 0.318. The number of hydrogen-bond donors (Lipinski definition) is 0. The van der Waals surface area contributed by atoms with Gasteiger partial charge in [0.2, 0.25) is 0 Å². The van der Waals surface area contributed by atoms with Crippen molar-refractivity contribution in [1.82, 2.24) is 5.01 Å². The summed E-state index contributed by atoms with van der Waals surface area (Å²) in [6, 6.07) is 19.2. The van der Waals surface area contributed by atoms with Crippen molar-refractivity contribution < 1.29 is 0 Å². The van der Waals surface area contributed by atoms with Crippen LogP contribution in [0.15, 0.2) is 48.5 Å². The SMILES string of the molecule is Cc1ccc(CN2CCCCCN2c2ccc(C#N)c3ccccc23)s1. The van der Waals surface area contributed by atoms with Crippen molar-refractivity contribution in [2.75, 3.05) is 18.1 Å². The predicted octanol–water partition coefficient (Wildman–Crippen LogP) is 5.49. The van der Waals surface area contributed by atoms with E-state index in [9.17, 15) is 5.26 Å². The zero-order chi connectivity index (χ0) is 17.9. The maximum Gasteiger partial charge on any atom is 0.0998 e. The number of thiophene rings is 1. The highest BCUT2D eigenvalue weighted by atomic mass is 32.1. The average Bonchev–Trinajstić information content (AvgIpc) is 2.94. The highest BCUT2D eigenvalue weighted by Crippen LogP contribution is 2.32. The van der Waals surface area contributed by atoms with Crippen molar-refractivity contribution in [2.45, 2.75) is 32.7 Å². The molecule has 0 saturated carbocycles. The molecule has 3 nitrogen and oxygen atoms in total. The topological polar surface area (TPSA) is 30.3 Å². The minimum Gasteiger partial charge on any atom is -0.305 e. The third-order valence-electron chi connectivity index (χ3n) is 5.06. The van der Waals surface area contributed by atoms with Gasteiger partial charge in [-0.1, -0.05) is 30.7 Å². The Morgan fingerprint density at radius 2 is 1.77 bits per heavy atom. The third kappa shape index (κ3) is 3.33. The number of hydrogen-bond acceptors (Lipinski definition) is 4. The summed E-state index contributed by atoms with van der Waals surface area (Å²) >= 11 is 1.88. The van der Waals surface area contributed by atoms with E-state index in [1.807, 2.05) is 23.5 Å². The van der Waals surface area contributed by atoms with E-state index in [1.165, 1.54) is 40.1 Å². The van der Waals surface area contributed by atoms with Gasteiger partial charge < -0.3 is 5.01 Å². The molecule has 4 heteroatoms. The van der Waals surface area contributed by atoms with Gasteiger partial charge in [-0.2, -0.15) is 5.26 Å².